The van der Waals surface area contributed by atoms with Gasteiger partial charge in [0.2, 0.25) is 21.8 Å². The number of sulfonamides is 1. The average Bonchev–Trinajstić information content (AvgIpc) is 2.77. The summed E-state index contributed by atoms with van der Waals surface area (Å²) in [5, 5.41) is 3.61. The van der Waals surface area contributed by atoms with Crippen LogP contribution in [0.25, 0.3) is 0 Å². The minimum absolute atomic E-state index is 0.0670. The van der Waals surface area contributed by atoms with Crippen LogP contribution >= 0.6 is 23.2 Å². The van der Waals surface area contributed by atoms with Gasteiger partial charge in [-0.15, -0.1) is 0 Å². The van der Waals surface area contributed by atoms with Crippen molar-refractivity contribution in [1.82, 2.24) is 10.2 Å². The number of carbonyl (C=O) groups excluding carboxylic acids is 2. The van der Waals surface area contributed by atoms with Crippen LogP contribution in [0.15, 0.2) is 48.5 Å². The van der Waals surface area contributed by atoms with E-state index in [0.717, 1.165) is 11.8 Å². The van der Waals surface area contributed by atoms with Gasteiger partial charge in [0.05, 0.1) is 11.9 Å². The van der Waals surface area contributed by atoms with Gasteiger partial charge in [0.15, 0.2) is 0 Å². The van der Waals surface area contributed by atoms with Crippen LogP contribution in [0.3, 0.4) is 0 Å². The molecule has 2 rings (SSSR count). The van der Waals surface area contributed by atoms with Crippen LogP contribution in [-0.4, -0.2) is 51.0 Å². The second-order valence-electron chi connectivity index (χ2n) is 7.57. The number of hydrogen-bond donors (Lipinski definition) is 1. The van der Waals surface area contributed by atoms with Crippen molar-refractivity contribution in [2.24, 2.45) is 0 Å². The molecule has 0 aliphatic rings. The molecule has 0 aromatic heterocycles. The van der Waals surface area contributed by atoms with Gasteiger partial charge in [-0.3, -0.25) is 13.9 Å². The predicted octanol–water partition coefficient (Wildman–Crippen LogP) is 4.09. The van der Waals surface area contributed by atoms with Crippen molar-refractivity contribution in [3.63, 3.8) is 0 Å². The van der Waals surface area contributed by atoms with Crippen LogP contribution < -0.4 is 9.62 Å². The summed E-state index contributed by atoms with van der Waals surface area (Å²) in [6.07, 6.45) is 1.89. The first-order valence-corrected chi connectivity index (χ1v) is 13.2. The van der Waals surface area contributed by atoms with Crippen molar-refractivity contribution in [2.75, 3.05) is 24.2 Å². The summed E-state index contributed by atoms with van der Waals surface area (Å²) in [5.41, 5.74) is 1.20. The van der Waals surface area contributed by atoms with Crippen LogP contribution in [-0.2, 0) is 26.2 Å². The molecule has 0 radical (unpaired) electrons. The molecule has 0 aliphatic heterocycles. The lowest BCUT2D eigenvalue weighted by Crippen LogP contribution is -2.48. The van der Waals surface area contributed by atoms with Gasteiger partial charge in [-0.05, 0) is 48.7 Å². The third kappa shape index (κ3) is 7.62. The molecule has 0 spiro atoms. The maximum atomic E-state index is 13.2. The molecule has 10 heteroatoms. The number of anilines is 1. The molecule has 2 aromatic rings. The molecule has 180 valence electrons. The van der Waals surface area contributed by atoms with E-state index in [1.807, 2.05) is 19.1 Å². The molecule has 0 saturated heterocycles. The lowest BCUT2D eigenvalue weighted by Gasteiger charge is -2.31. The lowest BCUT2D eigenvalue weighted by molar-refractivity contribution is -0.141. The maximum absolute atomic E-state index is 13.2. The summed E-state index contributed by atoms with van der Waals surface area (Å²) in [5.74, 6) is -0.522. The summed E-state index contributed by atoms with van der Waals surface area (Å²) in [7, 11) is -2.03. The first kappa shape index (κ1) is 27.0. The number of halogens is 2. The van der Waals surface area contributed by atoms with E-state index < -0.39 is 16.1 Å². The van der Waals surface area contributed by atoms with E-state index in [1.54, 1.807) is 36.4 Å². The predicted molar refractivity (Wildman–Crippen MR) is 133 cm³/mol. The van der Waals surface area contributed by atoms with E-state index in [2.05, 4.69) is 5.32 Å². The van der Waals surface area contributed by atoms with Crippen molar-refractivity contribution in [2.45, 2.75) is 38.8 Å². The molecule has 0 heterocycles. The van der Waals surface area contributed by atoms with Gasteiger partial charge >= 0.3 is 0 Å². The first-order valence-electron chi connectivity index (χ1n) is 10.6. The van der Waals surface area contributed by atoms with E-state index in [-0.39, 0.29) is 37.7 Å². The van der Waals surface area contributed by atoms with Crippen molar-refractivity contribution >= 4 is 50.7 Å². The van der Waals surface area contributed by atoms with Gasteiger partial charge < -0.3 is 10.2 Å². The van der Waals surface area contributed by atoms with Crippen LogP contribution in [0.5, 0.6) is 0 Å². The highest BCUT2D eigenvalue weighted by molar-refractivity contribution is 7.92. The maximum Gasteiger partial charge on any atom is 0.242 e. The fourth-order valence-corrected chi connectivity index (χ4v) is 4.79. The van der Waals surface area contributed by atoms with E-state index in [0.29, 0.717) is 22.2 Å². The highest BCUT2D eigenvalue weighted by Gasteiger charge is 2.28. The fourth-order valence-electron chi connectivity index (χ4n) is 3.51. The number of benzene rings is 2. The molecule has 2 aromatic carbocycles. The minimum Gasteiger partial charge on any atom is -0.357 e. The molecule has 0 unspecified atom stereocenters. The molecule has 0 saturated carbocycles. The molecule has 0 bridgehead atoms. The fraction of sp³-hybridized carbons (Fsp3) is 0.391. The average molecular weight is 514 g/mol. The number of nitrogens with zero attached hydrogens (tertiary/aromatic N) is 2. The van der Waals surface area contributed by atoms with Crippen LogP contribution in [0.2, 0.25) is 10.0 Å². The van der Waals surface area contributed by atoms with Crippen molar-refractivity contribution in [3.05, 3.63) is 64.1 Å². The van der Waals surface area contributed by atoms with Gasteiger partial charge in [0.1, 0.15) is 6.04 Å². The number of nitrogens with one attached hydrogen (secondary N) is 1. The first-order chi connectivity index (χ1) is 15.6. The Kier molecular flexibility index (Phi) is 10.0. The van der Waals surface area contributed by atoms with E-state index >= 15 is 0 Å². The van der Waals surface area contributed by atoms with Crippen molar-refractivity contribution in [1.29, 1.82) is 0 Å². The zero-order valence-corrected chi connectivity index (χ0v) is 21.3. The van der Waals surface area contributed by atoms with Gasteiger partial charge in [-0.25, -0.2) is 8.42 Å². The van der Waals surface area contributed by atoms with Gasteiger partial charge in [-0.1, -0.05) is 48.3 Å². The quantitative estimate of drug-likeness (QED) is 0.490. The Morgan fingerprint density at radius 1 is 1.06 bits per heavy atom. The molecule has 2 amide bonds. The van der Waals surface area contributed by atoms with Crippen molar-refractivity contribution < 1.29 is 18.0 Å². The molecule has 7 nitrogen and oxygen atoms in total. The molecular weight excluding hydrogens is 485 g/mol. The normalized spacial score (nSPS) is 12.2. The van der Waals surface area contributed by atoms with Crippen LogP contribution in [0.1, 0.15) is 31.7 Å². The van der Waals surface area contributed by atoms with Crippen LogP contribution in [0, 0.1) is 0 Å². The summed E-state index contributed by atoms with van der Waals surface area (Å²) in [6.45, 7) is 2.12. The van der Waals surface area contributed by atoms with Gasteiger partial charge in [0, 0.05) is 36.6 Å². The van der Waals surface area contributed by atoms with Gasteiger partial charge in [0.25, 0.3) is 0 Å². The minimum atomic E-state index is -3.56. The summed E-state index contributed by atoms with van der Waals surface area (Å²) >= 11 is 12.2. The second kappa shape index (κ2) is 12.3. The number of rotatable bonds is 11. The highest BCUT2D eigenvalue weighted by Crippen LogP contribution is 2.23. The topological polar surface area (TPSA) is 86.8 Å². The molecule has 0 aliphatic carbocycles. The largest absolute Gasteiger partial charge is 0.357 e. The number of likely N-dealkylation sites (N-methyl/N-ethyl adjacent to an activating group) is 1. The van der Waals surface area contributed by atoms with E-state index in [9.17, 15) is 18.0 Å². The Bertz CT molecular complexity index is 1060. The Morgan fingerprint density at radius 3 is 2.24 bits per heavy atom. The van der Waals surface area contributed by atoms with E-state index in [4.69, 9.17) is 23.2 Å². The Morgan fingerprint density at radius 2 is 1.70 bits per heavy atom. The number of carbonyl (C=O) groups is 2. The summed E-state index contributed by atoms with van der Waals surface area (Å²) in [4.78, 5) is 27.2. The highest BCUT2D eigenvalue weighted by atomic mass is 35.5. The van der Waals surface area contributed by atoms with Crippen molar-refractivity contribution in [3.8, 4) is 0 Å². The summed E-state index contributed by atoms with van der Waals surface area (Å²) in [6, 6.07) is 13.0. The molecule has 1 N–H and O–H groups in total. The smallest absolute Gasteiger partial charge is 0.242 e. The Balaban J connectivity index is 2.19. The number of amides is 2. The number of hydrogen-bond acceptors (Lipinski definition) is 4. The molecule has 0 fully saturated rings. The lowest BCUT2D eigenvalue weighted by atomic mass is 10.1. The molecular formula is C23H29Cl2N3O4S. The second-order valence-corrected chi connectivity index (χ2v) is 10.3. The zero-order chi connectivity index (χ0) is 24.6. The zero-order valence-electron chi connectivity index (χ0n) is 18.9. The summed E-state index contributed by atoms with van der Waals surface area (Å²) < 4.78 is 25.9. The molecule has 1 atom stereocenters. The van der Waals surface area contributed by atoms with E-state index in [1.165, 1.54) is 16.3 Å². The molecule has 33 heavy (non-hydrogen) atoms. The Labute approximate surface area is 205 Å². The standard InChI is InChI=1S/C23H29Cl2N3O4S/c1-4-21(23(30)26-2)27(16-17-8-5-6-9-20(17)25)22(29)10-7-15-28(33(3,31)32)19-13-11-18(24)12-14-19/h5-6,8-9,11-14,21H,4,7,10,15-16H2,1-3H3,(H,26,30)/t21-/m0/s1. The van der Waals surface area contributed by atoms with Gasteiger partial charge in [-0.2, -0.15) is 0 Å². The SMILES string of the molecule is CC[C@@H](C(=O)NC)N(Cc1ccccc1Cl)C(=O)CCCN(c1ccc(Cl)cc1)S(C)(=O)=O. The Hall–Kier alpha value is -2.29. The monoisotopic (exact) mass is 513 g/mol. The third-order valence-electron chi connectivity index (χ3n) is 5.20. The van der Waals surface area contributed by atoms with Crippen LogP contribution in [0.4, 0.5) is 5.69 Å². The third-order valence-corrected chi connectivity index (χ3v) is 7.01.